The first-order chi connectivity index (χ1) is 8.15. The van der Waals surface area contributed by atoms with Crippen LogP contribution in [0, 0.1) is 0 Å². The van der Waals surface area contributed by atoms with E-state index >= 15 is 0 Å². The molecule has 1 aliphatic carbocycles. The second-order valence-electron chi connectivity index (χ2n) is 5.01. The molecule has 0 aliphatic heterocycles. The van der Waals surface area contributed by atoms with Gasteiger partial charge >= 0.3 is 0 Å². The van der Waals surface area contributed by atoms with Crippen molar-refractivity contribution in [2.45, 2.75) is 49.9 Å². The average molecular weight is 260 g/mol. The SMILES string of the molecule is CCC(C)N(CCOC)C(CN)C1(SC)CC1. The van der Waals surface area contributed by atoms with Crippen molar-refractivity contribution >= 4 is 11.8 Å². The smallest absolute Gasteiger partial charge is 0.0589 e. The summed E-state index contributed by atoms with van der Waals surface area (Å²) in [5.74, 6) is 0. The Bertz CT molecular complexity index is 221. The van der Waals surface area contributed by atoms with Crippen LogP contribution in [0.25, 0.3) is 0 Å². The molecule has 0 aromatic rings. The Morgan fingerprint density at radius 3 is 2.47 bits per heavy atom. The monoisotopic (exact) mass is 260 g/mol. The van der Waals surface area contributed by atoms with E-state index in [1.807, 2.05) is 11.8 Å². The van der Waals surface area contributed by atoms with Crippen LogP contribution in [0.1, 0.15) is 33.1 Å². The standard InChI is InChI=1S/C13H28N2OS/c1-5-11(2)15(8-9-16-3)12(10-14)13(17-4)6-7-13/h11-12H,5-10,14H2,1-4H3. The van der Waals surface area contributed by atoms with Crippen LogP contribution < -0.4 is 5.73 Å². The topological polar surface area (TPSA) is 38.5 Å². The number of ether oxygens (including phenoxy) is 1. The van der Waals surface area contributed by atoms with Gasteiger partial charge < -0.3 is 10.5 Å². The highest BCUT2D eigenvalue weighted by Crippen LogP contribution is 2.51. The number of nitrogens with zero attached hydrogens (tertiary/aromatic N) is 1. The van der Waals surface area contributed by atoms with E-state index in [-0.39, 0.29) is 0 Å². The highest BCUT2D eigenvalue weighted by atomic mass is 32.2. The Kier molecular flexibility index (Phi) is 6.27. The molecule has 1 saturated carbocycles. The summed E-state index contributed by atoms with van der Waals surface area (Å²) in [5, 5.41) is 0. The van der Waals surface area contributed by atoms with Crippen molar-refractivity contribution in [3.63, 3.8) is 0 Å². The zero-order chi connectivity index (χ0) is 12.9. The first kappa shape index (κ1) is 15.3. The molecule has 1 rings (SSSR count). The summed E-state index contributed by atoms with van der Waals surface area (Å²) in [7, 11) is 1.77. The van der Waals surface area contributed by atoms with Crippen molar-refractivity contribution in [3.8, 4) is 0 Å². The Labute approximate surface area is 110 Å². The number of hydrogen-bond acceptors (Lipinski definition) is 4. The van der Waals surface area contributed by atoms with Gasteiger partial charge in [0, 0.05) is 37.0 Å². The van der Waals surface area contributed by atoms with Crippen molar-refractivity contribution in [1.29, 1.82) is 0 Å². The van der Waals surface area contributed by atoms with Crippen molar-refractivity contribution < 1.29 is 4.74 Å². The maximum atomic E-state index is 6.04. The van der Waals surface area contributed by atoms with Crippen molar-refractivity contribution in [2.75, 3.05) is 33.1 Å². The molecule has 0 spiro atoms. The van der Waals surface area contributed by atoms with Gasteiger partial charge in [-0.25, -0.2) is 0 Å². The van der Waals surface area contributed by atoms with E-state index in [9.17, 15) is 0 Å². The van der Waals surface area contributed by atoms with Crippen LogP contribution in [-0.4, -0.2) is 54.8 Å². The number of nitrogens with two attached hydrogens (primary N) is 1. The molecule has 0 amide bonds. The fourth-order valence-corrected chi connectivity index (χ4v) is 3.58. The van der Waals surface area contributed by atoms with Gasteiger partial charge in [-0.2, -0.15) is 11.8 Å². The van der Waals surface area contributed by atoms with Crippen LogP contribution >= 0.6 is 11.8 Å². The number of rotatable bonds is 9. The average Bonchev–Trinajstić information content (AvgIpc) is 3.14. The molecule has 0 aromatic carbocycles. The molecule has 2 unspecified atom stereocenters. The third-order valence-corrected chi connectivity index (χ3v) is 5.58. The fraction of sp³-hybridized carbons (Fsp3) is 1.00. The lowest BCUT2D eigenvalue weighted by Gasteiger charge is -2.39. The highest BCUT2D eigenvalue weighted by Gasteiger charge is 2.50. The lowest BCUT2D eigenvalue weighted by Crippen LogP contribution is -2.53. The predicted molar refractivity (Wildman–Crippen MR) is 76.7 cm³/mol. The summed E-state index contributed by atoms with van der Waals surface area (Å²) in [4.78, 5) is 2.56. The maximum Gasteiger partial charge on any atom is 0.0589 e. The number of thioether (sulfide) groups is 1. The van der Waals surface area contributed by atoms with Gasteiger partial charge in [0.1, 0.15) is 0 Å². The molecule has 1 fully saturated rings. The van der Waals surface area contributed by atoms with Crippen molar-refractivity contribution in [1.82, 2.24) is 4.90 Å². The molecule has 0 aromatic heterocycles. The van der Waals surface area contributed by atoms with Crippen LogP contribution in [0.4, 0.5) is 0 Å². The third-order valence-electron chi connectivity index (χ3n) is 4.09. The summed E-state index contributed by atoms with van der Waals surface area (Å²) < 4.78 is 5.66. The van der Waals surface area contributed by atoms with Gasteiger partial charge in [0.05, 0.1) is 6.61 Å². The second-order valence-corrected chi connectivity index (χ2v) is 6.23. The summed E-state index contributed by atoms with van der Waals surface area (Å²) >= 11 is 2.00. The molecule has 2 atom stereocenters. The zero-order valence-electron chi connectivity index (χ0n) is 11.7. The van der Waals surface area contributed by atoms with Crippen molar-refractivity contribution in [2.24, 2.45) is 5.73 Å². The molecule has 0 radical (unpaired) electrons. The van der Waals surface area contributed by atoms with E-state index in [2.05, 4.69) is 25.0 Å². The predicted octanol–water partition coefficient (Wildman–Crippen LogP) is 1.96. The van der Waals surface area contributed by atoms with E-state index in [1.165, 1.54) is 19.3 Å². The quantitative estimate of drug-likeness (QED) is 0.688. The van der Waals surface area contributed by atoms with E-state index in [4.69, 9.17) is 10.5 Å². The van der Waals surface area contributed by atoms with Gasteiger partial charge in [-0.05, 0) is 32.4 Å². The second kappa shape index (κ2) is 6.98. The lowest BCUT2D eigenvalue weighted by molar-refractivity contribution is 0.0866. The van der Waals surface area contributed by atoms with Crippen LogP contribution in [0.15, 0.2) is 0 Å². The zero-order valence-corrected chi connectivity index (χ0v) is 12.6. The van der Waals surface area contributed by atoms with E-state index in [0.29, 0.717) is 16.8 Å². The van der Waals surface area contributed by atoms with Gasteiger partial charge in [0.15, 0.2) is 0 Å². The van der Waals surface area contributed by atoms with Crippen LogP contribution in [0.2, 0.25) is 0 Å². The third kappa shape index (κ3) is 3.60. The van der Waals surface area contributed by atoms with E-state index < -0.39 is 0 Å². The van der Waals surface area contributed by atoms with Gasteiger partial charge in [0.25, 0.3) is 0 Å². The Morgan fingerprint density at radius 2 is 2.12 bits per heavy atom. The minimum Gasteiger partial charge on any atom is -0.383 e. The molecule has 4 heteroatoms. The first-order valence-corrected chi connectivity index (χ1v) is 7.87. The molecule has 1 aliphatic rings. The fourth-order valence-electron chi connectivity index (χ4n) is 2.56. The van der Waals surface area contributed by atoms with E-state index in [1.54, 1.807) is 7.11 Å². The molecule has 0 saturated heterocycles. The van der Waals surface area contributed by atoms with Crippen LogP contribution in [-0.2, 0) is 4.74 Å². The van der Waals surface area contributed by atoms with Crippen molar-refractivity contribution in [3.05, 3.63) is 0 Å². The minimum atomic E-state index is 0.423. The highest BCUT2D eigenvalue weighted by molar-refractivity contribution is 8.00. The largest absolute Gasteiger partial charge is 0.383 e. The molecule has 3 nitrogen and oxygen atoms in total. The maximum absolute atomic E-state index is 6.04. The molecule has 0 bridgehead atoms. The van der Waals surface area contributed by atoms with Gasteiger partial charge in [0.2, 0.25) is 0 Å². The summed E-state index contributed by atoms with van der Waals surface area (Å²) in [6.07, 6.45) is 6.03. The van der Waals surface area contributed by atoms with E-state index in [0.717, 1.165) is 19.7 Å². The first-order valence-electron chi connectivity index (χ1n) is 6.65. The van der Waals surface area contributed by atoms with Gasteiger partial charge in [-0.1, -0.05) is 6.92 Å². The molecular weight excluding hydrogens is 232 g/mol. The minimum absolute atomic E-state index is 0.423. The van der Waals surface area contributed by atoms with Crippen LogP contribution in [0.3, 0.4) is 0 Å². The number of hydrogen-bond donors (Lipinski definition) is 1. The molecule has 102 valence electrons. The Hall–Kier alpha value is 0.230. The Balaban J connectivity index is 2.71. The molecule has 0 heterocycles. The molecule has 2 N–H and O–H groups in total. The van der Waals surface area contributed by atoms with Crippen LogP contribution in [0.5, 0.6) is 0 Å². The summed E-state index contributed by atoms with van der Waals surface area (Å²) in [6.45, 7) is 7.10. The summed E-state index contributed by atoms with van der Waals surface area (Å²) in [5.41, 5.74) is 6.04. The van der Waals surface area contributed by atoms with Gasteiger partial charge in [-0.3, -0.25) is 4.90 Å². The molecule has 17 heavy (non-hydrogen) atoms. The normalized spacial score (nSPS) is 21.5. The number of methoxy groups -OCH3 is 1. The summed E-state index contributed by atoms with van der Waals surface area (Å²) in [6, 6.07) is 1.09. The molecular formula is C13H28N2OS. The lowest BCUT2D eigenvalue weighted by atomic mass is 10.1. The Morgan fingerprint density at radius 1 is 1.47 bits per heavy atom. The van der Waals surface area contributed by atoms with Gasteiger partial charge in [-0.15, -0.1) is 0 Å².